The minimum absolute atomic E-state index is 0.0613. The molecule has 2 aromatic carbocycles. The van der Waals surface area contributed by atoms with Crippen molar-refractivity contribution in [3.8, 4) is 11.3 Å². The molecule has 36 heavy (non-hydrogen) atoms. The molecule has 0 N–H and O–H groups in total. The summed E-state index contributed by atoms with van der Waals surface area (Å²) in [7, 11) is 2.02. The van der Waals surface area contributed by atoms with Crippen molar-refractivity contribution in [3.63, 3.8) is 0 Å². The second kappa shape index (κ2) is 8.98. The van der Waals surface area contributed by atoms with Gasteiger partial charge in [0.15, 0.2) is 12.2 Å². The number of amides is 1. The Hall–Kier alpha value is -3.85. The number of hydrogen-bond acceptors (Lipinski definition) is 7. The summed E-state index contributed by atoms with van der Waals surface area (Å²) >= 11 is 6.01. The summed E-state index contributed by atoms with van der Waals surface area (Å²) in [5.74, 6) is 0.600. The second-order valence-corrected chi connectivity index (χ2v) is 9.71. The van der Waals surface area contributed by atoms with Gasteiger partial charge in [0.1, 0.15) is 6.61 Å². The van der Waals surface area contributed by atoms with E-state index >= 15 is 0 Å². The van der Waals surface area contributed by atoms with Gasteiger partial charge >= 0.3 is 6.09 Å². The van der Waals surface area contributed by atoms with Gasteiger partial charge in [-0.25, -0.2) is 14.8 Å². The summed E-state index contributed by atoms with van der Waals surface area (Å²) in [6, 6.07) is 11.4. The Balaban J connectivity index is 1.40. The number of oxazole rings is 1. The number of anilines is 1. The minimum Gasteiger partial charge on any atom is -0.447 e. The number of cyclic esters (lactones) is 1. The highest BCUT2D eigenvalue weighted by Crippen LogP contribution is 2.36. The van der Waals surface area contributed by atoms with Crippen LogP contribution in [0.4, 0.5) is 10.5 Å². The third kappa shape index (κ3) is 3.99. The average molecular weight is 506 g/mol. The van der Waals surface area contributed by atoms with Gasteiger partial charge in [-0.15, -0.1) is 0 Å². The summed E-state index contributed by atoms with van der Waals surface area (Å²) in [6.45, 7) is 1.44. The van der Waals surface area contributed by atoms with Crippen LogP contribution in [0.2, 0.25) is 5.02 Å². The molecular formula is C26H24ClN5O4. The highest BCUT2D eigenvalue weighted by Gasteiger charge is 2.39. The van der Waals surface area contributed by atoms with E-state index in [1.807, 2.05) is 31.3 Å². The Morgan fingerprint density at radius 3 is 2.81 bits per heavy atom. The van der Waals surface area contributed by atoms with Crippen LogP contribution in [0.1, 0.15) is 18.4 Å². The number of aromatic nitrogens is 3. The van der Waals surface area contributed by atoms with E-state index in [-0.39, 0.29) is 23.7 Å². The lowest BCUT2D eigenvalue weighted by molar-refractivity contribution is 0.152. The number of halogens is 1. The number of nitrogens with zero attached hydrogens (tertiary/aromatic N) is 5. The first-order valence-corrected chi connectivity index (χ1v) is 12.2. The summed E-state index contributed by atoms with van der Waals surface area (Å²) in [4.78, 5) is 38.1. The van der Waals surface area contributed by atoms with Crippen LogP contribution in [0.5, 0.6) is 0 Å². The van der Waals surface area contributed by atoms with E-state index in [2.05, 4.69) is 14.9 Å². The van der Waals surface area contributed by atoms with Gasteiger partial charge in [-0.3, -0.25) is 9.36 Å². The van der Waals surface area contributed by atoms with Gasteiger partial charge in [-0.1, -0.05) is 23.7 Å². The fourth-order valence-corrected chi connectivity index (χ4v) is 5.28. The van der Waals surface area contributed by atoms with E-state index in [1.54, 1.807) is 34.1 Å². The molecule has 0 saturated carbocycles. The lowest BCUT2D eigenvalue weighted by Gasteiger charge is -2.39. The van der Waals surface area contributed by atoms with Crippen molar-refractivity contribution < 1.29 is 13.9 Å². The summed E-state index contributed by atoms with van der Waals surface area (Å²) in [5, 5.41) is 1.17. The first kappa shape index (κ1) is 22.6. The lowest BCUT2D eigenvalue weighted by Crippen LogP contribution is -2.48. The number of rotatable bonds is 5. The fourth-order valence-electron chi connectivity index (χ4n) is 5.16. The van der Waals surface area contributed by atoms with Crippen LogP contribution < -0.4 is 10.5 Å². The number of ether oxygens (including phenoxy) is 1. The van der Waals surface area contributed by atoms with Gasteiger partial charge in [0, 0.05) is 35.9 Å². The quantitative estimate of drug-likeness (QED) is 0.401. The molecule has 2 saturated heterocycles. The fraction of sp³-hybridized carbons (Fsp3) is 0.308. The van der Waals surface area contributed by atoms with E-state index in [9.17, 15) is 9.59 Å². The number of benzene rings is 2. The molecule has 2 aromatic heterocycles. The first-order chi connectivity index (χ1) is 17.5. The molecule has 184 valence electrons. The minimum atomic E-state index is -0.235. The van der Waals surface area contributed by atoms with Gasteiger partial charge in [0.05, 0.1) is 36.0 Å². The standard InChI is InChI=1S/C26H24ClN5O4/c1-30(18-6-7-32-19(8-18)13-35-26(32)34)23-10-20-22(9-21(23)24-11-28-15-36-24)29-14-31(25(20)33)12-16-2-4-17(27)5-3-16/h2-5,9-11,14-15,18-19H,6-8,12-13H2,1H3/t18-,19-/m0/s1. The highest BCUT2D eigenvalue weighted by atomic mass is 35.5. The molecule has 0 unspecified atom stereocenters. The number of fused-ring (bicyclic) bond motifs is 2. The maximum Gasteiger partial charge on any atom is 0.410 e. The van der Waals surface area contributed by atoms with Gasteiger partial charge in [-0.2, -0.15) is 0 Å². The molecule has 9 nitrogen and oxygen atoms in total. The van der Waals surface area contributed by atoms with E-state index in [1.165, 1.54) is 6.39 Å². The Morgan fingerprint density at radius 2 is 2.03 bits per heavy atom. The molecule has 4 aromatic rings. The van der Waals surface area contributed by atoms with Crippen molar-refractivity contribution in [2.45, 2.75) is 31.5 Å². The van der Waals surface area contributed by atoms with E-state index in [0.29, 0.717) is 41.4 Å². The predicted octanol–water partition coefficient (Wildman–Crippen LogP) is 4.17. The number of piperidine rings is 1. The number of carbonyl (C=O) groups is 1. The monoisotopic (exact) mass is 505 g/mol. The molecule has 0 spiro atoms. The van der Waals surface area contributed by atoms with Crippen LogP contribution in [0, 0.1) is 0 Å². The summed E-state index contributed by atoms with van der Waals surface area (Å²) < 4.78 is 12.5. The Labute approximate surface area is 211 Å². The SMILES string of the molecule is CN(c1cc2c(=O)n(Cc3ccc(Cl)cc3)cnc2cc1-c1cnco1)[C@H]1CCN2C(=O)OC[C@@H]2C1. The zero-order chi connectivity index (χ0) is 24.8. The van der Waals surface area contributed by atoms with Gasteiger partial charge in [0.25, 0.3) is 5.56 Å². The van der Waals surface area contributed by atoms with Gasteiger partial charge < -0.3 is 19.0 Å². The molecular weight excluding hydrogens is 482 g/mol. The topological polar surface area (TPSA) is 93.7 Å². The number of hydrogen-bond donors (Lipinski definition) is 0. The maximum absolute atomic E-state index is 13.5. The molecule has 6 rings (SSSR count). The molecule has 0 aliphatic carbocycles. The van der Waals surface area contributed by atoms with Crippen LogP contribution in [0.3, 0.4) is 0 Å². The third-order valence-corrected chi connectivity index (χ3v) is 7.41. The zero-order valence-electron chi connectivity index (χ0n) is 19.6. The molecule has 1 amide bonds. The zero-order valence-corrected chi connectivity index (χ0v) is 20.4. The van der Waals surface area contributed by atoms with Crippen molar-refractivity contribution in [2.24, 2.45) is 0 Å². The molecule has 0 radical (unpaired) electrons. The lowest BCUT2D eigenvalue weighted by atomic mass is 9.96. The van der Waals surface area contributed by atoms with Crippen LogP contribution in [0.25, 0.3) is 22.2 Å². The van der Waals surface area contributed by atoms with Crippen LogP contribution >= 0.6 is 11.6 Å². The molecule has 2 fully saturated rings. The predicted molar refractivity (Wildman–Crippen MR) is 135 cm³/mol. The van der Waals surface area contributed by atoms with E-state index in [4.69, 9.17) is 20.8 Å². The molecule has 2 aliphatic rings. The molecule has 2 aliphatic heterocycles. The van der Waals surface area contributed by atoms with Crippen molar-refractivity contribution in [3.05, 3.63) is 76.3 Å². The Kier molecular flexibility index (Phi) is 5.64. The molecule has 10 heteroatoms. The highest BCUT2D eigenvalue weighted by molar-refractivity contribution is 6.30. The summed E-state index contributed by atoms with van der Waals surface area (Å²) in [6.07, 6.45) is 5.96. The molecule has 0 bridgehead atoms. The average Bonchev–Trinajstić information content (AvgIpc) is 3.56. The van der Waals surface area contributed by atoms with E-state index in [0.717, 1.165) is 29.7 Å². The molecule has 4 heterocycles. The van der Waals surface area contributed by atoms with Crippen LogP contribution in [-0.2, 0) is 11.3 Å². The normalized spacial score (nSPS) is 19.4. The van der Waals surface area contributed by atoms with E-state index < -0.39 is 0 Å². The van der Waals surface area contributed by atoms with Crippen LogP contribution in [0.15, 0.2) is 64.5 Å². The smallest absolute Gasteiger partial charge is 0.410 e. The van der Waals surface area contributed by atoms with Crippen LogP contribution in [-0.4, -0.2) is 57.8 Å². The largest absolute Gasteiger partial charge is 0.447 e. The van der Waals surface area contributed by atoms with Gasteiger partial charge in [-0.05, 0) is 42.7 Å². The van der Waals surface area contributed by atoms with Crippen molar-refractivity contribution in [1.29, 1.82) is 0 Å². The second-order valence-electron chi connectivity index (χ2n) is 9.27. The molecule has 2 atom stereocenters. The van der Waals surface area contributed by atoms with Crippen molar-refractivity contribution >= 4 is 34.3 Å². The third-order valence-electron chi connectivity index (χ3n) is 7.16. The maximum atomic E-state index is 13.5. The Morgan fingerprint density at radius 1 is 1.19 bits per heavy atom. The first-order valence-electron chi connectivity index (χ1n) is 11.8. The Bertz CT molecular complexity index is 1480. The van der Waals surface area contributed by atoms with Crippen molar-refractivity contribution in [1.82, 2.24) is 19.4 Å². The summed E-state index contributed by atoms with van der Waals surface area (Å²) in [5.41, 5.74) is 3.08. The van der Waals surface area contributed by atoms with Crippen molar-refractivity contribution in [2.75, 3.05) is 25.1 Å². The number of carbonyl (C=O) groups excluding carboxylic acids is 1. The van der Waals surface area contributed by atoms with Gasteiger partial charge in [0.2, 0.25) is 0 Å².